The van der Waals surface area contributed by atoms with Crippen molar-refractivity contribution < 1.29 is 9.90 Å². The molecule has 1 heterocycles. The lowest BCUT2D eigenvalue weighted by atomic mass is 9.94. The SMILES string of the molecule is CN(C)CC1CCCN1C1(C(=O)O)CCCC1. The van der Waals surface area contributed by atoms with Crippen LogP contribution in [0.1, 0.15) is 38.5 Å². The molecule has 4 nitrogen and oxygen atoms in total. The molecule has 17 heavy (non-hydrogen) atoms. The average molecular weight is 240 g/mol. The second-order valence-electron chi connectivity index (χ2n) is 5.80. The van der Waals surface area contributed by atoms with Crippen LogP contribution in [0.2, 0.25) is 0 Å². The fourth-order valence-electron chi connectivity index (χ4n) is 3.59. The van der Waals surface area contributed by atoms with E-state index in [2.05, 4.69) is 23.9 Å². The largest absolute Gasteiger partial charge is 0.480 e. The molecule has 0 amide bonds. The number of hydrogen-bond donors (Lipinski definition) is 1. The summed E-state index contributed by atoms with van der Waals surface area (Å²) in [4.78, 5) is 16.2. The lowest BCUT2D eigenvalue weighted by Gasteiger charge is -2.39. The number of aliphatic carboxylic acids is 1. The minimum atomic E-state index is -0.597. The van der Waals surface area contributed by atoms with E-state index < -0.39 is 11.5 Å². The Labute approximate surface area is 104 Å². The van der Waals surface area contributed by atoms with E-state index in [1.54, 1.807) is 0 Å². The second-order valence-corrected chi connectivity index (χ2v) is 5.80. The van der Waals surface area contributed by atoms with Gasteiger partial charge >= 0.3 is 5.97 Å². The average Bonchev–Trinajstić information content (AvgIpc) is 2.84. The zero-order chi connectivity index (χ0) is 12.5. The highest BCUT2D eigenvalue weighted by atomic mass is 16.4. The molecule has 0 aromatic rings. The van der Waals surface area contributed by atoms with Gasteiger partial charge in [0.15, 0.2) is 0 Å². The molecule has 0 bridgehead atoms. The topological polar surface area (TPSA) is 43.8 Å². The first kappa shape index (κ1) is 12.8. The van der Waals surface area contributed by atoms with E-state index in [-0.39, 0.29) is 0 Å². The van der Waals surface area contributed by atoms with E-state index in [1.807, 2.05) is 0 Å². The fraction of sp³-hybridized carbons (Fsp3) is 0.923. The summed E-state index contributed by atoms with van der Waals surface area (Å²) in [6.45, 7) is 1.94. The summed E-state index contributed by atoms with van der Waals surface area (Å²) in [5.41, 5.74) is -0.544. The lowest BCUT2D eigenvalue weighted by molar-refractivity contribution is -0.152. The van der Waals surface area contributed by atoms with Gasteiger partial charge in [0.1, 0.15) is 5.54 Å². The molecule has 1 unspecified atom stereocenters. The minimum absolute atomic E-state index is 0.430. The standard InChI is InChI=1S/C13H24N2O2/c1-14(2)10-11-6-5-9-15(11)13(12(16)17)7-3-4-8-13/h11H,3-10H2,1-2H3,(H,16,17). The normalized spacial score (nSPS) is 29.0. The van der Waals surface area contributed by atoms with Crippen LogP contribution in [-0.4, -0.2) is 59.6 Å². The Morgan fingerprint density at radius 1 is 1.35 bits per heavy atom. The Kier molecular flexibility index (Phi) is 3.73. The zero-order valence-corrected chi connectivity index (χ0v) is 11.0. The Bertz CT molecular complexity index is 285. The van der Waals surface area contributed by atoms with Gasteiger partial charge in [-0.25, -0.2) is 0 Å². The third kappa shape index (κ3) is 2.33. The van der Waals surface area contributed by atoms with Gasteiger partial charge in [0.25, 0.3) is 0 Å². The third-order valence-electron chi connectivity index (χ3n) is 4.33. The van der Waals surface area contributed by atoms with Crippen LogP contribution >= 0.6 is 0 Å². The molecule has 2 aliphatic rings. The first-order valence-electron chi connectivity index (χ1n) is 6.71. The van der Waals surface area contributed by atoms with Gasteiger partial charge in [-0.2, -0.15) is 0 Å². The molecule has 0 aromatic heterocycles. The fourth-order valence-corrected chi connectivity index (χ4v) is 3.59. The third-order valence-corrected chi connectivity index (χ3v) is 4.33. The first-order chi connectivity index (χ1) is 8.06. The highest BCUT2D eigenvalue weighted by molar-refractivity contribution is 5.79. The van der Waals surface area contributed by atoms with Crippen molar-refractivity contribution in [3.8, 4) is 0 Å². The molecule has 1 N–H and O–H groups in total. The van der Waals surface area contributed by atoms with Gasteiger partial charge in [-0.1, -0.05) is 12.8 Å². The van der Waals surface area contributed by atoms with Crippen molar-refractivity contribution in [2.75, 3.05) is 27.2 Å². The molecular weight excluding hydrogens is 216 g/mol. The van der Waals surface area contributed by atoms with E-state index in [9.17, 15) is 9.90 Å². The summed E-state index contributed by atoms with van der Waals surface area (Å²) in [6.07, 6.45) is 6.11. The van der Waals surface area contributed by atoms with Crippen LogP contribution in [0.3, 0.4) is 0 Å². The van der Waals surface area contributed by atoms with E-state index in [1.165, 1.54) is 0 Å². The van der Waals surface area contributed by atoms with Gasteiger partial charge in [0.05, 0.1) is 0 Å². The van der Waals surface area contributed by atoms with Crippen LogP contribution in [0.4, 0.5) is 0 Å². The van der Waals surface area contributed by atoms with E-state index in [0.717, 1.165) is 51.6 Å². The maximum atomic E-state index is 11.7. The zero-order valence-electron chi connectivity index (χ0n) is 11.0. The van der Waals surface area contributed by atoms with Crippen molar-refractivity contribution >= 4 is 5.97 Å². The predicted octanol–water partition coefficient (Wildman–Crippen LogP) is 1.41. The lowest BCUT2D eigenvalue weighted by Crippen LogP contribution is -2.56. The number of nitrogens with zero attached hydrogens (tertiary/aromatic N) is 2. The summed E-state index contributed by atoms with van der Waals surface area (Å²) in [7, 11) is 4.14. The van der Waals surface area contributed by atoms with Crippen LogP contribution in [0, 0.1) is 0 Å². The maximum Gasteiger partial charge on any atom is 0.324 e. The van der Waals surface area contributed by atoms with Crippen molar-refractivity contribution in [1.29, 1.82) is 0 Å². The molecule has 1 atom stereocenters. The number of carboxylic acids is 1. The van der Waals surface area contributed by atoms with Gasteiger partial charge in [0, 0.05) is 12.6 Å². The highest BCUT2D eigenvalue weighted by Crippen LogP contribution is 2.40. The Hall–Kier alpha value is -0.610. The maximum absolute atomic E-state index is 11.7. The minimum Gasteiger partial charge on any atom is -0.480 e. The molecule has 1 saturated carbocycles. The smallest absolute Gasteiger partial charge is 0.324 e. The number of carboxylic acid groups (broad SMARTS) is 1. The van der Waals surface area contributed by atoms with Crippen molar-refractivity contribution in [3.63, 3.8) is 0 Å². The number of likely N-dealkylation sites (tertiary alicyclic amines) is 1. The summed E-state index contributed by atoms with van der Waals surface area (Å²) in [5.74, 6) is -0.597. The molecule has 4 heteroatoms. The summed E-state index contributed by atoms with van der Waals surface area (Å²) in [6, 6.07) is 0.430. The first-order valence-corrected chi connectivity index (χ1v) is 6.71. The van der Waals surface area contributed by atoms with Crippen LogP contribution in [-0.2, 0) is 4.79 Å². The Morgan fingerprint density at radius 3 is 2.53 bits per heavy atom. The molecule has 0 aromatic carbocycles. The van der Waals surface area contributed by atoms with Crippen LogP contribution in [0.5, 0.6) is 0 Å². The number of rotatable bonds is 4. The van der Waals surface area contributed by atoms with Gasteiger partial charge in [-0.05, 0) is 46.3 Å². The van der Waals surface area contributed by atoms with Crippen LogP contribution in [0.25, 0.3) is 0 Å². The van der Waals surface area contributed by atoms with Crippen molar-refractivity contribution in [2.24, 2.45) is 0 Å². The van der Waals surface area contributed by atoms with Gasteiger partial charge in [0.2, 0.25) is 0 Å². The van der Waals surface area contributed by atoms with Crippen molar-refractivity contribution in [3.05, 3.63) is 0 Å². The van der Waals surface area contributed by atoms with Crippen molar-refractivity contribution in [1.82, 2.24) is 9.80 Å². The van der Waals surface area contributed by atoms with Crippen LogP contribution < -0.4 is 0 Å². The van der Waals surface area contributed by atoms with E-state index >= 15 is 0 Å². The number of hydrogen-bond acceptors (Lipinski definition) is 3. The van der Waals surface area contributed by atoms with Gasteiger partial charge in [-0.3, -0.25) is 9.69 Å². The molecule has 2 fully saturated rings. The molecule has 1 aliphatic carbocycles. The van der Waals surface area contributed by atoms with E-state index in [4.69, 9.17) is 0 Å². The molecule has 98 valence electrons. The quantitative estimate of drug-likeness (QED) is 0.807. The number of carbonyl (C=O) groups is 1. The van der Waals surface area contributed by atoms with Gasteiger partial charge < -0.3 is 10.0 Å². The molecule has 0 radical (unpaired) electrons. The summed E-state index contributed by atoms with van der Waals surface area (Å²) < 4.78 is 0. The predicted molar refractivity (Wildman–Crippen MR) is 67.1 cm³/mol. The van der Waals surface area contributed by atoms with Crippen LogP contribution in [0.15, 0.2) is 0 Å². The molecule has 0 spiro atoms. The Morgan fingerprint density at radius 2 is 2.00 bits per heavy atom. The highest BCUT2D eigenvalue weighted by Gasteiger charge is 2.50. The molecular formula is C13H24N2O2. The molecule has 1 aliphatic heterocycles. The monoisotopic (exact) mass is 240 g/mol. The summed E-state index contributed by atoms with van der Waals surface area (Å²) >= 11 is 0. The van der Waals surface area contributed by atoms with Crippen molar-refractivity contribution in [2.45, 2.75) is 50.1 Å². The Balaban J connectivity index is 2.15. The summed E-state index contributed by atoms with van der Waals surface area (Å²) in [5, 5.41) is 9.62. The van der Waals surface area contributed by atoms with Gasteiger partial charge in [-0.15, -0.1) is 0 Å². The number of likely N-dealkylation sites (N-methyl/N-ethyl adjacent to an activating group) is 1. The van der Waals surface area contributed by atoms with E-state index in [0.29, 0.717) is 6.04 Å². The molecule has 2 rings (SSSR count). The molecule has 1 saturated heterocycles. The second kappa shape index (κ2) is 4.94.